The van der Waals surface area contributed by atoms with Crippen LogP contribution in [0.2, 0.25) is 5.02 Å². The van der Waals surface area contributed by atoms with Gasteiger partial charge in [0.05, 0.1) is 11.2 Å². The molecule has 0 amide bonds. The van der Waals surface area contributed by atoms with Gasteiger partial charge < -0.3 is 10.1 Å². The Morgan fingerprint density at radius 1 is 1.47 bits per heavy atom. The normalized spacial score (nSPS) is 10.5. The molecule has 1 N–H and O–H groups in total. The number of halogens is 1. The van der Waals surface area contributed by atoms with Crippen LogP contribution in [0, 0.1) is 0 Å². The number of nitrogens with one attached hydrogen (secondary N) is 1. The minimum atomic E-state index is 0.488. The van der Waals surface area contributed by atoms with Crippen molar-refractivity contribution in [2.24, 2.45) is 0 Å². The first kappa shape index (κ1) is 12.4. The molecule has 0 aliphatic heterocycles. The molecule has 0 saturated carbocycles. The average molecular weight is 269 g/mol. The summed E-state index contributed by atoms with van der Waals surface area (Å²) in [5.41, 5.74) is 3.80. The molecule has 0 aliphatic rings. The van der Waals surface area contributed by atoms with Crippen LogP contribution >= 0.6 is 22.9 Å². The number of aromatic nitrogens is 1. The summed E-state index contributed by atoms with van der Waals surface area (Å²) in [5, 5.41) is 5.79. The average Bonchev–Trinajstić information content (AvgIpc) is 2.81. The highest BCUT2D eigenvalue weighted by molar-refractivity contribution is 7.07. The summed E-state index contributed by atoms with van der Waals surface area (Å²) in [5.74, 6) is 0.844. The van der Waals surface area contributed by atoms with E-state index in [-0.39, 0.29) is 0 Å². The summed E-state index contributed by atoms with van der Waals surface area (Å²) >= 11 is 7.53. The molecule has 2 aromatic rings. The molecule has 5 heteroatoms. The first-order chi connectivity index (χ1) is 8.29. The predicted molar refractivity (Wildman–Crippen MR) is 70.7 cm³/mol. The van der Waals surface area contributed by atoms with Crippen molar-refractivity contribution in [3.8, 4) is 5.75 Å². The first-order valence-electron chi connectivity index (χ1n) is 5.22. The fraction of sp³-hybridized carbons (Fsp3) is 0.250. The van der Waals surface area contributed by atoms with E-state index in [0.29, 0.717) is 6.61 Å². The maximum Gasteiger partial charge on any atom is 0.131 e. The maximum atomic E-state index is 5.96. The molecule has 0 fully saturated rings. The van der Waals surface area contributed by atoms with Crippen molar-refractivity contribution < 1.29 is 4.74 Å². The molecule has 90 valence electrons. The van der Waals surface area contributed by atoms with Crippen molar-refractivity contribution in [2.45, 2.75) is 13.2 Å². The summed E-state index contributed by atoms with van der Waals surface area (Å²) in [6.45, 7) is 1.22. The monoisotopic (exact) mass is 268 g/mol. The van der Waals surface area contributed by atoms with Gasteiger partial charge in [-0.15, -0.1) is 11.3 Å². The Morgan fingerprint density at radius 2 is 2.35 bits per heavy atom. The van der Waals surface area contributed by atoms with Crippen molar-refractivity contribution in [1.82, 2.24) is 10.3 Å². The SMILES string of the molecule is CNCc1cc(Cl)ccc1OCc1cscn1. The highest BCUT2D eigenvalue weighted by Crippen LogP contribution is 2.23. The van der Waals surface area contributed by atoms with Gasteiger partial charge in [0.15, 0.2) is 0 Å². The van der Waals surface area contributed by atoms with Crippen LogP contribution in [0.25, 0.3) is 0 Å². The molecule has 0 radical (unpaired) electrons. The molecule has 0 spiro atoms. The van der Waals surface area contributed by atoms with Crippen molar-refractivity contribution in [3.05, 3.63) is 45.4 Å². The second-order valence-corrected chi connectivity index (χ2v) is 4.71. The van der Waals surface area contributed by atoms with E-state index in [0.717, 1.165) is 28.6 Å². The number of rotatable bonds is 5. The molecule has 0 saturated heterocycles. The van der Waals surface area contributed by atoms with Crippen LogP contribution in [0.1, 0.15) is 11.3 Å². The minimum absolute atomic E-state index is 0.488. The van der Waals surface area contributed by atoms with Crippen LogP contribution in [-0.4, -0.2) is 12.0 Å². The van der Waals surface area contributed by atoms with E-state index in [2.05, 4.69) is 10.3 Å². The molecule has 3 nitrogen and oxygen atoms in total. The Hall–Kier alpha value is -1.10. The van der Waals surface area contributed by atoms with E-state index in [4.69, 9.17) is 16.3 Å². The van der Waals surface area contributed by atoms with Crippen molar-refractivity contribution in [1.29, 1.82) is 0 Å². The number of ether oxygens (including phenoxy) is 1. The van der Waals surface area contributed by atoms with Gasteiger partial charge in [0.25, 0.3) is 0 Å². The lowest BCUT2D eigenvalue weighted by atomic mass is 10.2. The summed E-state index contributed by atoms with van der Waals surface area (Å²) in [7, 11) is 1.89. The lowest BCUT2D eigenvalue weighted by Crippen LogP contribution is -2.07. The topological polar surface area (TPSA) is 34.1 Å². The Morgan fingerprint density at radius 3 is 3.06 bits per heavy atom. The molecule has 0 bridgehead atoms. The van der Waals surface area contributed by atoms with Gasteiger partial charge in [-0.05, 0) is 25.2 Å². The molecule has 0 atom stereocenters. The third-order valence-electron chi connectivity index (χ3n) is 2.25. The zero-order chi connectivity index (χ0) is 12.1. The molecular formula is C12H13ClN2OS. The van der Waals surface area contributed by atoms with Gasteiger partial charge in [-0.25, -0.2) is 4.98 Å². The molecule has 1 aromatic carbocycles. The molecule has 17 heavy (non-hydrogen) atoms. The number of benzene rings is 1. The van der Waals surface area contributed by atoms with Gasteiger partial charge in [-0.1, -0.05) is 11.6 Å². The third kappa shape index (κ3) is 3.43. The van der Waals surface area contributed by atoms with Crippen molar-refractivity contribution >= 4 is 22.9 Å². The van der Waals surface area contributed by atoms with Gasteiger partial charge in [0.2, 0.25) is 0 Å². The van der Waals surface area contributed by atoms with Crippen LogP contribution in [0.5, 0.6) is 5.75 Å². The summed E-state index contributed by atoms with van der Waals surface area (Å²) in [6.07, 6.45) is 0. The molecule has 2 rings (SSSR count). The quantitative estimate of drug-likeness (QED) is 0.905. The van der Waals surface area contributed by atoms with Crippen LogP contribution in [0.3, 0.4) is 0 Å². The summed E-state index contributed by atoms with van der Waals surface area (Å²) in [6, 6.07) is 5.63. The standard InChI is InChI=1S/C12H13ClN2OS/c1-14-5-9-4-10(13)2-3-12(9)16-6-11-7-17-8-15-11/h2-4,7-8,14H,5-6H2,1H3. The van der Waals surface area contributed by atoms with Crippen LogP contribution < -0.4 is 10.1 Å². The Kier molecular flexibility index (Phi) is 4.36. The third-order valence-corrected chi connectivity index (χ3v) is 3.12. The van der Waals surface area contributed by atoms with Gasteiger partial charge in [-0.3, -0.25) is 0 Å². The van der Waals surface area contributed by atoms with E-state index in [1.807, 2.05) is 30.6 Å². The fourth-order valence-electron chi connectivity index (χ4n) is 1.48. The highest BCUT2D eigenvalue weighted by Gasteiger charge is 2.05. The van der Waals surface area contributed by atoms with E-state index in [9.17, 15) is 0 Å². The second-order valence-electron chi connectivity index (χ2n) is 3.55. The maximum absolute atomic E-state index is 5.96. The zero-order valence-electron chi connectivity index (χ0n) is 9.44. The second kappa shape index (κ2) is 6.00. The van der Waals surface area contributed by atoms with Crippen LogP contribution in [-0.2, 0) is 13.2 Å². The smallest absolute Gasteiger partial charge is 0.131 e. The molecule has 0 unspecified atom stereocenters. The summed E-state index contributed by atoms with van der Waals surface area (Å²) < 4.78 is 5.73. The number of hydrogen-bond donors (Lipinski definition) is 1. The molecule has 1 heterocycles. The lowest BCUT2D eigenvalue weighted by Gasteiger charge is -2.10. The van der Waals surface area contributed by atoms with E-state index < -0.39 is 0 Å². The van der Waals surface area contributed by atoms with Gasteiger partial charge in [0, 0.05) is 22.5 Å². The van der Waals surface area contributed by atoms with Gasteiger partial charge in [0.1, 0.15) is 12.4 Å². The largest absolute Gasteiger partial charge is 0.487 e. The minimum Gasteiger partial charge on any atom is -0.487 e. The predicted octanol–water partition coefficient (Wildman–Crippen LogP) is 3.09. The highest BCUT2D eigenvalue weighted by atomic mass is 35.5. The Labute approximate surface area is 109 Å². The first-order valence-corrected chi connectivity index (χ1v) is 6.54. The van der Waals surface area contributed by atoms with Crippen molar-refractivity contribution in [3.63, 3.8) is 0 Å². The number of thiazole rings is 1. The van der Waals surface area contributed by atoms with E-state index in [1.54, 1.807) is 16.8 Å². The number of nitrogens with zero attached hydrogens (tertiary/aromatic N) is 1. The van der Waals surface area contributed by atoms with Gasteiger partial charge in [-0.2, -0.15) is 0 Å². The lowest BCUT2D eigenvalue weighted by molar-refractivity contribution is 0.298. The Bertz CT molecular complexity index is 473. The molecule has 0 aliphatic carbocycles. The fourth-order valence-corrected chi connectivity index (χ4v) is 2.22. The summed E-state index contributed by atoms with van der Waals surface area (Å²) in [4.78, 5) is 4.18. The molecular weight excluding hydrogens is 256 g/mol. The van der Waals surface area contributed by atoms with E-state index >= 15 is 0 Å². The Balaban J connectivity index is 2.08. The number of hydrogen-bond acceptors (Lipinski definition) is 4. The van der Waals surface area contributed by atoms with Gasteiger partial charge >= 0.3 is 0 Å². The van der Waals surface area contributed by atoms with Crippen LogP contribution in [0.15, 0.2) is 29.1 Å². The molecule has 1 aromatic heterocycles. The van der Waals surface area contributed by atoms with Crippen LogP contribution in [0.4, 0.5) is 0 Å². The zero-order valence-corrected chi connectivity index (χ0v) is 11.0. The van der Waals surface area contributed by atoms with E-state index in [1.165, 1.54) is 0 Å². The van der Waals surface area contributed by atoms with Crippen molar-refractivity contribution in [2.75, 3.05) is 7.05 Å².